The van der Waals surface area contributed by atoms with Gasteiger partial charge in [-0.25, -0.2) is 4.79 Å². The topological polar surface area (TPSA) is 79.9 Å². The lowest BCUT2D eigenvalue weighted by Gasteiger charge is -2.37. The van der Waals surface area contributed by atoms with Crippen LogP contribution in [0.25, 0.3) is 0 Å². The van der Waals surface area contributed by atoms with E-state index in [1.807, 2.05) is 43.0 Å². The molecule has 1 heterocycles. The summed E-state index contributed by atoms with van der Waals surface area (Å²) in [5.41, 5.74) is 3.27. The fourth-order valence-electron chi connectivity index (χ4n) is 3.54. The van der Waals surface area contributed by atoms with Gasteiger partial charge < -0.3 is 25.0 Å². The van der Waals surface area contributed by atoms with Gasteiger partial charge in [0.1, 0.15) is 6.61 Å². The molecule has 0 aliphatic carbocycles. The molecule has 0 bridgehead atoms. The van der Waals surface area contributed by atoms with Crippen molar-refractivity contribution in [1.82, 2.24) is 10.2 Å². The molecule has 0 spiro atoms. The first-order valence-electron chi connectivity index (χ1n) is 10.5. The minimum Gasteiger partial charge on any atom is -0.460 e. The number of carbonyl (C=O) groups is 2. The Kier molecular flexibility index (Phi) is 8.60. The van der Waals surface area contributed by atoms with E-state index in [-0.39, 0.29) is 12.5 Å². The number of hydrogen-bond donors (Lipinski definition) is 2. The van der Waals surface area contributed by atoms with E-state index in [1.54, 1.807) is 31.4 Å². The fourth-order valence-corrected chi connectivity index (χ4v) is 4.18. The van der Waals surface area contributed by atoms with Crippen LogP contribution in [0.3, 0.4) is 0 Å². The summed E-state index contributed by atoms with van der Waals surface area (Å²) in [7, 11) is 1.55. The standard InChI is InChI=1S/C24H26BrN3O4S/c1-4-28-15(2)20(23(30)32-14-13-31-3)21(27-24(28)33)16-7-11-19(12-8-16)26-22(29)17-5-9-18(25)10-6-17/h5-12,21H,4,13-14H2,1-3H3,(H,26,29)(H,27,33). The van der Waals surface area contributed by atoms with E-state index in [4.69, 9.17) is 21.7 Å². The number of ether oxygens (including phenoxy) is 2. The lowest BCUT2D eigenvalue weighted by atomic mass is 9.95. The van der Waals surface area contributed by atoms with Gasteiger partial charge in [0.15, 0.2) is 5.11 Å². The Bertz CT molecular complexity index is 1050. The van der Waals surface area contributed by atoms with Crippen molar-refractivity contribution in [1.29, 1.82) is 0 Å². The number of amides is 1. The molecule has 0 radical (unpaired) electrons. The molecule has 1 amide bonds. The Labute approximate surface area is 207 Å². The SMILES string of the molecule is CCN1C(=S)NC(c2ccc(NC(=O)c3ccc(Br)cc3)cc2)C(C(=O)OCCOC)=C1C. The van der Waals surface area contributed by atoms with Gasteiger partial charge in [-0.15, -0.1) is 0 Å². The molecule has 9 heteroatoms. The van der Waals surface area contributed by atoms with Gasteiger partial charge in [-0.05, 0) is 68.0 Å². The molecule has 1 unspecified atom stereocenters. The molecule has 0 aromatic heterocycles. The molecule has 1 atom stereocenters. The lowest BCUT2D eigenvalue weighted by molar-refractivity contribution is -0.140. The van der Waals surface area contributed by atoms with E-state index >= 15 is 0 Å². The van der Waals surface area contributed by atoms with Crippen LogP contribution in [0.4, 0.5) is 5.69 Å². The van der Waals surface area contributed by atoms with Crippen molar-refractivity contribution in [3.05, 3.63) is 75.4 Å². The number of benzene rings is 2. The zero-order valence-electron chi connectivity index (χ0n) is 18.7. The Morgan fingerprint density at radius 1 is 1.12 bits per heavy atom. The van der Waals surface area contributed by atoms with Gasteiger partial charge >= 0.3 is 5.97 Å². The number of hydrogen-bond acceptors (Lipinski definition) is 5. The molecule has 2 aromatic carbocycles. The van der Waals surface area contributed by atoms with Crippen LogP contribution in [-0.4, -0.2) is 48.8 Å². The molecule has 174 valence electrons. The molecule has 1 aliphatic rings. The molecule has 33 heavy (non-hydrogen) atoms. The molecule has 0 saturated carbocycles. The van der Waals surface area contributed by atoms with E-state index in [0.29, 0.717) is 35.1 Å². The fraction of sp³-hybridized carbons (Fsp3) is 0.292. The van der Waals surface area contributed by atoms with E-state index < -0.39 is 12.0 Å². The highest BCUT2D eigenvalue weighted by Crippen LogP contribution is 2.32. The van der Waals surface area contributed by atoms with Crippen molar-refractivity contribution in [2.45, 2.75) is 19.9 Å². The highest BCUT2D eigenvalue weighted by Gasteiger charge is 2.34. The lowest BCUT2D eigenvalue weighted by Crippen LogP contribution is -2.47. The van der Waals surface area contributed by atoms with Crippen LogP contribution in [-0.2, 0) is 14.3 Å². The summed E-state index contributed by atoms with van der Waals surface area (Å²) in [5, 5.41) is 6.68. The number of halogens is 1. The number of esters is 1. The third-order valence-electron chi connectivity index (χ3n) is 5.26. The number of anilines is 1. The first kappa shape index (κ1) is 24.9. The van der Waals surface area contributed by atoms with Crippen molar-refractivity contribution >= 4 is 50.8 Å². The van der Waals surface area contributed by atoms with Gasteiger partial charge in [-0.1, -0.05) is 28.1 Å². The van der Waals surface area contributed by atoms with Crippen LogP contribution in [0, 0.1) is 0 Å². The normalized spacial score (nSPS) is 15.8. The van der Waals surface area contributed by atoms with Crippen molar-refractivity contribution in [2.24, 2.45) is 0 Å². The van der Waals surface area contributed by atoms with Gasteiger partial charge in [0.2, 0.25) is 0 Å². The predicted octanol–water partition coefficient (Wildman–Crippen LogP) is 4.42. The largest absolute Gasteiger partial charge is 0.460 e. The number of methoxy groups -OCH3 is 1. The average molecular weight is 532 g/mol. The van der Waals surface area contributed by atoms with Gasteiger partial charge in [-0.2, -0.15) is 0 Å². The van der Waals surface area contributed by atoms with E-state index in [9.17, 15) is 9.59 Å². The molecule has 1 aliphatic heterocycles. The minimum absolute atomic E-state index is 0.163. The quantitative estimate of drug-likeness (QED) is 0.296. The van der Waals surface area contributed by atoms with E-state index in [2.05, 4.69) is 26.6 Å². The second kappa shape index (κ2) is 11.4. The van der Waals surface area contributed by atoms with Gasteiger partial charge in [0.05, 0.1) is 18.2 Å². The van der Waals surface area contributed by atoms with Gasteiger partial charge in [-0.3, -0.25) is 4.79 Å². The highest BCUT2D eigenvalue weighted by atomic mass is 79.9. The first-order valence-corrected chi connectivity index (χ1v) is 11.7. The van der Waals surface area contributed by atoms with E-state index in [1.165, 1.54) is 0 Å². The highest BCUT2D eigenvalue weighted by molar-refractivity contribution is 9.10. The van der Waals surface area contributed by atoms with Gasteiger partial charge in [0, 0.05) is 35.1 Å². The molecule has 3 rings (SSSR count). The zero-order chi connectivity index (χ0) is 24.0. The third kappa shape index (κ3) is 5.98. The maximum atomic E-state index is 12.9. The summed E-state index contributed by atoms with van der Waals surface area (Å²) in [4.78, 5) is 27.3. The number of nitrogens with one attached hydrogen (secondary N) is 2. The van der Waals surface area contributed by atoms with Crippen molar-refractivity contribution in [2.75, 3.05) is 32.2 Å². The number of nitrogens with zero attached hydrogens (tertiary/aromatic N) is 1. The summed E-state index contributed by atoms with van der Waals surface area (Å²) >= 11 is 8.88. The summed E-state index contributed by atoms with van der Waals surface area (Å²) in [6.45, 7) is 4.94. The molecular weight excluding hydrogens is 506 g/mol. The van der Waals surface area contributed by atoms with Gasteiger partial charge in [0.25, 0.3) is 5.91 Å². The zero-order valence-corrected chi connectivity index (χ0v) is 21.1. The monoisotopic (exact) mass is 531 g/mol. The Morgan fingerprint density at radius 3 is 2.39 bits per heavy atom. The number of thiocarbonyl (C=S) groups is 1. The van der Waals surface area contributed by atoms with Crippen molar-refractivity contribution in [3.63, 3.8) is 0 Å². The maximum Gasteiger partial charge on any atom is 0.338 e. The Morgan fingerprint density at radius 2 is 1.79 bits per heavy atom. The summed E-state index contributed by atoms with van der Waals surface area (Å²) < 4.78 is 11.3. The molecule has 0 saturated heterocycles. The second-order valence-corrected chi connectivity index (χ2v) is 8.64. The predicted molar refractivity (Wildman–Crippen MR) is 135 cm³/mol. The smallest absolute Gasteiger partial charge is 0.338 e. The molecular formula is C24H26BrN3O4S. The van der Waals surface area contributed by atoms with Crippen LogP contribution >= 0.6 is 28.1 Å². The average Bonchev–Trinajstić information content (AvgIpc) is 2.80. The maximum absolute atomic E-state index is 12.9. The van der Waals surface area contributed by atoms with Crippen molar-refractivity contribution in [3.8, 4) is 0 Å². The number of rotatable bonds is 8. The van der Waals surface area contributed by atoms with Crippen molar-refractivity contribution < 1.29 is 19.1 Å². The van der Waals surface area contributed by atoms with E-state index in [0.717, 1.165) is 15.7 Å². The third-order valence-corrected chi connectivity index (χ3v) is 6.13. The Balaban J connectivity index is 1.82. The van der Waals surface area contributed by atoms with Crippen LogP contribution in [0.15, 0.2) is 64.3 Å². The first-order chi connectivity index (χ1) is 15.8. The molecule has 2 aromatic rings. The van der Waals surface area contributed by atoms with Crippen LogP contribution in [0.1, 0.15) is 35.8 Å². The number of allylic oxidation sites excluding steroid dienone is 1. The molecule has 0 fully saturated rings. The summed E-state index contributed by atoms with van der Waals surface area (Å²) in [6, 6.07) is 14.0. The summed E-state index contributed by atoms with van der Waals surface area (Å²) in [5.74, 6) is -0.625. The van der Waals surface area contributed by atoms with Crippen LogP contribution in [0.5, 0.6) is 0 Å². The second-order valence-electron chi connectivity index (χ2n) is 7.34. The Hall–Kier alpha value is -2.75. The van der Waals surface area contributed by atoms with Crippen LogP contribution in [0.2, 0.25) is 0 Å². The minimum atomic E-state index is -0.466. The summed E-state index contributed by atoms with van der Waals surface area (Å²) in [6.07, 6.45) is 0. The molecule has 2 N–H and O–H groups in total. The van der Waals surface area contributed by atoms with Crippen LogP contribution < -0.4 is 10.6 Å². The number of carbonyl (C=O) groups excluding carboxylic acids is 2. The molecule has 7 nitrogen and oxygen atoms in total.